The van der Waals surface area contributed by atoms with Gasteiger partial charge < -0.3 is 10.2 Å². The van der Waals surface area contributed by atoms with Gasteiger partial charge in [-0.05, 0) is 38.1 Å². The molecule has 0 bridgehead atoms. The Kier molecular flexibility index (Phi) is 5.05. The lowest BCUT2D eigenvalue weighted by molar-refractivity contribution is -0.134. The summed E-state index contributed by atoms with van der Waals surface area (Å²) in [6.45, 7) is 3.36. The van der Waals surface area contributed by atoms with E-state index in [-0.39, 0.29) is 24.2 Å². The number of likely N-dealkylation sites (N-methyl/N-ethyl adjacent to an activating group) is 1. The molecule has 1 aromatic carbocycles. The average molecular weight is 331 g/mol. The van der Waals surface area contributed by atoms with Crippen LogP contribution in [0.25, 0.3) is 0 Å². The highest BCUT2D eigenvalue weighted by atomic mass is 79.9. The molecule has 0 heterocycles. The van der Waals surface area contributed by atoms with Crippen molar-refractivity contribution in [3.8, 4) is 0 Å². The number of hydrogen-bond acceptors (Lipinski definition) is 2. The van der Waals surface area contributed by atoms with Gasteiger partial charge in [0.25, 0.3) is 0 Å². The van der Waals surface area contributed by atoms with Crippen molar-refractivity contribution < 1.29 is 14.0 Å². The molecular weight excluding hydrogens is 315 g/mol. The summed E-state index contributed by atoms with van der Waals surface area (Å²) in [5.41, 5.74) is 0.491. The lowest BCUT2D eigenvalue weighted by Gasteiger charge is -2.24. The van der Waals surface area contributed by atoms with E-state index < -0.39 is 4.32 Å². The van der Waals surface area contributed by atoms with Crippen LogP contribution in [0.3, 0.4) is 0 Å². The van der Waals surface area contributed by atoms with Crippen LogP contribution in [0.2, 0.25) is 0 Å². The molecule has 0 unspecified atom stereocenters. The fraction of sp³-hybridized carbons (Fsp3) is 0.385. The van der Waals surface area contributed by atoms with E-state index in [0.29, 0.717) is 5.69 Å². The van der Waals surface area contributed by atoms with E-state index in [1.807, 2.05) is 0 Å². The summed E-state index contributed by atoms with van der Waals surface area (Å²) in [5, 5.41) is 2.59. The normalized spacial score (nSPS) is 11.0. The topological polar surface area (TPSA) is 49.4 Å². The molecule has 104 valence electrons. The molecule has 0 fully saturated rings. The standard InChI is InChI=1S/C13H16BrFN2O2/c1-13(2,14)12(19)17(3)8-11(18)16-10-6-4-9(15)5-7-10/h4-7H,8H2,1-3H3,(H,16,18). The molecule has 1 N–H and O–H groups in total. The zero-order chi connectivity index (χ0) is 14.6. The number of benzene rings is 1. The number of rotatable bonds is 4. The van der Waals surface area contributed by atoms with Crippen LogP contribution in [0.5, 0.6) is 0 Å². The summed E-state index contributed by atoms with van der Waals surface area (Å²) in [5.74, 6) is -0.896. The van der Waals surface area contributed by atoms with Crippen LogP contribution < -0.4 is 5.32 Å². The summed E-state index contributed by atoms with van der Waals surface area (Å²) in [6.07, 6.45) is 0. The minimum absolute atomic E-state index is 0.0642. The molecule has 0 saturated heterocycles. The van der Waals surface area contributed by atoms with Gasteiger partial charge in [0.15, 0.2) is 0 Å². The molecule has 0 spiro atoms. The number of halogens is 2. The van der Waals surface area contributed by atoms with Crippen LogP contribution in [-0.2, 0) is 9.59 Å². The maximum atomic E-state index is 12.7. The van der Waals surface area contributed by atoms with Crippen LogP contribution in [-0.4, -0.2) is 34.6 Å². The fourth-order valence-electron chi connectivity index (χ4n) is 1.47. The third-order valence-corrected chi connectivity index (χ3v) is 2.70. The number of anilines is 1. The quantitative estimate of drug-likeness (QED) is 0.862. The van der Waals surface area contributed by atoms with Gasteiger partial charge in [0.05, 0.1) is 10.9 Å². The first-order valence-electron chi connectivity index (χ1n) is 5.70. The Labute approximate surface area is 120 Å². The van der Waals surface area contributed by atoms with E-state index in [0.717, 1.165) is 0 Å². The van der Waals surface area contributed by atoms with E-state index >= 15 is 0 Å². The summed E-state index contributed by atoms with van der Waals surface area (Å²) in [6, 6.07) is 5.44. The molecular formula is C13H16BrFN2O2. The van der Waals surface area contributed by atoms with Crippen molar-refractivity contribution in [1.82, 2.24) is 4.90 Å². The fourth-order valence-corrected chi connectivity index (χ4v) is 1.78. The van der Waals surface area contributed by atoms with Crippen molar-refractivity contribution in [1.29, 1.82) is 0 Å². The second-order valence-corrected chi connectivity index (χ2v) is 6.67. The van der Waals surface area contributed by atoms with Crippen LogP contribution >= 0.6 is 15.9 Å². The molecule has 0 saturated carbocycles. The number of nitrogens with zero attached hydrogens (tertiary/aromatic N) is 1. The molecule has 19 heavy (non-hydrogen) atoms. The van der Waals surface area contributed by atoms with Crippen LogP contribution in [0.15, 0.2) is 24.3 Å². The highest BCUT2D eigenvalue weighted by Gasteiger charge is 2.27. The highest BCUT2D eigenvalue weighted by Crippen LogP contribution is 2.18. The van der Waals surface area contributed by atoms with Crippen molar-refractivity contribution in [3.63, 3.8) is 0 Å². The van der Waals surface area contributed by atoms with Gasteiger partial charge in [0, 0.05) is 12.7 Å². The molecule has 0 aliphatic heterocycles. The Balaban J connectivity index is 2.56. The molecule has 4 nitrogen and oxygen atoms in total. The van der Waals surface area contributed by atoms with Gasteiger partial charge in [-0.25, -0.2) is 4.39 Å². The van der Waals surface area contributed by atoms with E-state index in [1.54, 1.807) is 20.9 Å². The summed E-state index contributed by atoms with van der Waals surface area (Å²) in [7, 11) is 1.55. The lowest BCUT2D eigenvalue weighted by Crippen LogP contribution is -2.42. The smallest absolute Gasteiger partial charge is 0.243 e. The Bertz CT molecular complexity index is 469. The van der Waals surface area contributed by atoms with E-state index in [1.165, 1.54) is 29.2 Å². The number of alkyl halides is 1. The van der Waals surface area contributed by atoms with Crippen molar-refractivity contribution in [2.75, 3.05) is 18.9 Å². The second kappa shape index (κ2) is 6.14. The van der Waals surface area contributed by atoms with Gasteiger partial charge in [-0.15, -0.1) is 0 Å². The molecule has 2 amide bonds. The number of carbonyl (C=O) groups is 2. The highest BCUT2D eigenvalue weighted by molar-refractivity contribution is 9.10. The first-order chi connectivity index (χ1) is 8.70. The van der Waals surface area contributed by atoms with Crippen LogP contribution in [0.1, 0.15) is 13.8 Å². The molecule has 0 aromatic heterocycles. The number of amides is 2. The molecule has 0 atom stereocenters. The number of carbonyl (C=O) groups excluding carboxylic acids is 2. The van der Waals surface area contributed by atoms with Gasteiger partial charge in [0.2, 0.25) is 11.8 Å². The van der Waals surface area contributed by atoms with Crippen molar-refractivity contribution in [2.45, 2.75) is 18.2 Å². The molecule has 6 heteroatoms. The molecule has 0 radical (unpaired) electrons. The second-order valence-electron chi connectivity index (χ2n) is 4.69. The van der Waals surface area contributed by atoms with Crippen molar-refractivity contribution in [3.05, 3.63) is 30.1 Å². The first kappa shape index (κ1) is 15.6. The van der Waals surface area contributed by atoms with E-state index in [9.17, 15) is 14.0 Å². The Morgan fingerprint density at radius 2 is 1.84 bits per heavy atom. The van der Waals surface area contributed by atoms with Crippen LogP contribution in [0, 0.1) is 5.82 Å². The van der Waals surface area contributed by atoms with Gasteiger partial charge in [0.1, 0.15) is 5.82 Å². The van der Waals surface area contributed by atoms with E-state index in [4.69, 9.17) is 0 Å². The van der Waals surface area contributed by atoms with Gasteiger partial charge in [-0.2, -0.15) is 0 Å². The Morgan fingerprint density at radius 1 is 1.32 bits per heavy atom. The first-order valence-corrected chi connectivity index (χ1v) is 6.49. The van der Waals surface area contributed by atoms with Crippen LogP contribution in [0.4, 0.5) is 10.1 Å². The molecule has 0 aliphatic carbocycles. The van der Waals surface area contributed by atoms with Crippen molar-refractivity contribution >= 4 is 33.4 Å². The Morgan fingerprint density at radius 3 is 2.32 bits per heavy atom. The predicted octanol–water partition coefficient (Wildman–Crippen LogP) is 2.40. The maximum absolute atomic E-state index is 12.7. The van der Waals surface area contributed by atoms with Gasteiger partial charge in [-0.3, -0.25) is 9.59 Å². The third-order valence-electron chi connectivity index (χ3n) is 2.36. The minimum atomic E-state index is -0.710. The third kappa shape index (κ3) is 4.98. The monoisotopic (exact) mass is 330 g/mol. The zero-order valence-electron chi connectivity index (χ0n) is 11.0. The average Bonchev–Trinajstić information content (AvgIpc) is 2.29. The minimum Gasteiger partial charge on any atom is -0.335 e. The maximum Gasteiger partial charge on any atom is 0.243 e. The molecule has 1 aromatic rings. The van der Waals surface area contributed by atoms with Crippen molar-refractivity contribution in [2.24, 2.45) is 0 Å². The zero-order valence-corrected chi connectivity index (χ0v) is 12.6. The number of hydrogen-bond donors (Lipinski definition) is 1. The Hall–Kier alpha value is -1.43. The summed E-state index contributed by atoms with van der Waals surface area (Å²) < 4.78 is 12.0. The summed E-state index contributed by atoms with van der Waals surface area (Å²) in [4.78, 5) is 24.9. The molecule has 0 aliphatic rings. The SMILES string of the molecule is CN(CC(=O)Nc1ccc(F)cc1)C(=O)C(C)(C)Br. The summed E-state index contributed by atoms with van der Waals surface area (Å²) >= 11 is 3.24. The predicted molar refractivity (Wildman–Crippen MR) is 75.7 cm³/mol. The van der Waals surface area contributed by atoms with Gasteiger partial charge in [-0.1, -0.05) is 15.9 Å². The van der Waals surface area contributed by atoms with Gasteiger partial charge >= 0.3 is 0 Å². The van der Waals surface area contributed by atoms with E-state index in [2.05, 4.69) is 21.2 Å². The largest absolute Gasteiger partial charge is 0.335 e. The lowest BCUT2D eigenvalue weighted by atomic mass is 10.2. The molecule has 1 rings (SSSR count). The number of nitrogens with one attached hydrogen (secondary N) is 1.